The summed E-state index contributed by atoms with van der Waals surface area (Å²) in [6, 6.07) is 17.9. The zero-order chi connectivity index (χ0) is 25.8. The second-order valence-corrected chi connectivity index (χ2v) is 11.6. The number of hydrogen-bond acceptors (Lipinski definition) is 3. The van der Waals surface area contributed by atoms with E-state index in [4.69, 9.17) is 0 Å². The average molecular weight is 503 g/mol. The van der Waals surface area contributed by atoms with Gasteiger partial charge in [-0.3, -0.25) is 9.59 Å². The van der Waals surface area contributed by atoms with E-state index in [1.54, 1.807) is 0 Å². The molecule has 1 heterocycles. The molecule has 5 heteroatoms. The second-order valence-electron chi connectivity index (χ2n) is 11.6. The van der Waals surface area contributed by atoms with E-state index in [2.05, 4.69) is 65.7 Å². The number of carbonyl (C=O) groups excluding carboxylic acids is 1. The van der Waals surface area contributed by atoms with Gasteiger partial charge in [-0.2, -0.15) is 0 Å². The molecule has 1 aliphatic heterocycles. The first kappa shape index (κ1) is 26.0. The molecule has 1 saturated heterocycles. The van der Waals surface area contributed by atoms with Crippen LogP contribution in [0.1, 0.15) is 82.3 Å². The predicted octanol–water partition coefficient (Wildman–Crippen LogP) is 5.95. The van der Waals surface area contributed by atoms with Gasteiger partial charge in [0.05, 0.1) is 11.3 Å². The minimum absolute atomic E-state index is 0.0209. The van der Waals surface area contributed by atoms with E-state index in [0.717, 1.165) is 69.0 Å². The minimum Gasteiger partial charge on any atom is -0.481 e. The van der Waals surface area contributed by atoms with Crippen LogP contribution in [0, 0.1) is 5.92 Å². The highest BCUT2D eigenvalue weighted by atomic mass is 16.4. The Labute approximate surface area is 221 Å². The van der Waals surface area contributed by atoms with E-state index in [1.165, 1.54) is 30.5 Å². The number of benzene rings is 2. The Hall–Kier alpha value is -2.66. The molecule has 2 saturated carbocycles. The summed E-state index contributed by atoms with van der Waals surface area (Å²) in [5.41, 5.74) is 4.25. The zero-order valence-electron chi connectivity index (χ0n) is 22.3. The first-order valence-electron chi connectivity index (χ1n) is 14.4. The standard InChI is InChI=1S/C32H42N2O3/c1-23-7-6-21-34(23)22-18-24-10-12-25(13-11-24)26-14-16-27(17-15-26)32(19-4-5-20-32)31(37)33-29-9-3-2-8-28(29)30(35)36/h10-17,23,28-29H,2-9,18-22H2,1H3,(H,33,37)(H,35,36)/t23-,28-,29-/m1/s1. The Balaban J connectivity index is 1.26. The van der Waals surface area contributed by atoms with Crippen molar-refractivity contribution in [2.45, 2.75) is 95.1 Å². The number of likely N-dealkylation sites (tertiary alicyclic amines) is 1. The molecule has 0 spiro atoms. The van der Waals surface area contributed by atoms with Gasteiger partial charge in [-0.15, -0.1) is 0 Å². The Morgan fingerprint density at radius 3 is 2.16 bits per heavy atom. The lowest BCUT2D eigenvalue weighted by molar-refractivity contribution is -0.144. The van der Waals surface area contributed by atoms with E-state index >= 15 is 0 Å². The number of aliphatic carboxylic acids is 1. The fraction of sp³-hybridized carbons (Fsp3) is 0.562. The van der Waals surface area contributed by atoms with Crippen LogP contribution in [-0.4, -0.2) is 47.1 Å². The molecule has 5 rings (SSSR count). The van der Waals surface area contributed by atoms with Crippen LogP contribution in [0.25, 0.3) is 11.1 Å². The number of carboxylic acids is 1. The van der Waals surface area contributed by atoms with Gasteiger partial charge in [0.15, 0.2) is 0 Å². The van der Waals surface area contributed by atoms with Gasteiger partial charge in [-0.05, 0) is 80.7 Å². The van der Waals surface area contributed by atoms with Gasteiger partial charge < -0.3 is 15.3 Å². The number of nitrogens with zero attached hydrogens (tertiary/aromatic N) is 1. The summed E-state index contributed by atoms with van der Waals surface area (Å²) in [5.74, 6) is -1.24. The molecule has 1 amide bonds. The highest BCUT2D eigenvalue weighted by Crippen LogP contribution is 2.42. The molecule has 0 aromatic heterocycles. The average Bonchev–Trinajstić information content (AvgIpc) is 3.58. The van der Waals surface area contributed by atoms with E-state index in [1.807, 2.05) is 0 Å². The van der Waals surface area contributed by atoms with Crippen molar-refractivity contribution in [2.75, 3.05) is 13.1 Å². The monoisotopic (exact) mass is 502 g/mol. The van der Waals surface area contributed by atoms with Crippen LogP contribution in [0.2, 0.25) is 0 Å². The summed E-state index contributed by atoms with van der Waals surface area (Å²) < 4.78 is 0. The molecule has 198 valence electrons. The van der Waals surface area contributed by atoms with Crippen molar-refractivity contribution in [3.63, 3.8) is 0 Å². The van der Waals surface area contributed by atoms with Gasteiger partial charge in [-0.1, -0.05) is 74.2 Å². The molecule has 3 aliphatic rings. The van der Waals surface area contributed by atoms with E-state index < -0.39 is 17.3 Å². The lowest BCUT2D eigenvalue weighted by Gasteiger charge is -2.34. The molecule has 2 aliphatic carbocycles. The molecule has 2 aromatic rings. The zero-order valence-corrected chi connectivity index (χ0v) is 22.3. The fourth-order valence-corrected chi connectivity index (χ4v) is 6.97. The van der Waals surface area contributed by atoms with Crippen molar-refractivity contribution in [1.29, 1.82) is 0 Å². The largest absolute Gasteiger partial charge is 0.481 e. The molecule has 0 bridgehead atoms. The van der Waals surface area contributed by atoms with Crippen molar-refractivity contribution >= 4 is 11.9 Å². The van der Waals surface area contributed by atoms with Crippen molar-refractivity contribution in [2.24, 2.45) is 5.92 Å². The maximum absolute atomic E-state index is 13.7. The molecule has 3 atom stereocenters. The molecule has 2 aromatic carbocycles. The van der Waals surface area contributed by atoms with Crippen molar-refractivity contribution in [1.82, 2.24) is 10.2 Å². The maximum Gasteiger partial charge on any atom is 0.308 e. The Morgan fingerprint density at radius 2 is 1.54 bits per heavy atom. The van der Waals surface area contributed by atoms with Gasteiger partial charge in [0.2, 0.25) is 5.91 Å². The normalized spacial score (nSPS) is 25.7. The first-order chi connectivity index (χ1) is 18.0. The number of carbonyl (C=O) groups is 2. The summed E-state index contributed by atoms with van der Waals surface area (Å²) in [7, 11) is 0. The molecular weight excluding hydrogens is 460 g/mol. The SMILES string of the molecule is C[C@@H]1CCCN1CCc1ccc(-c2ccc(C3(C(=O)N[C@@H]4CCCC[C@H]4C(=O)O)CCCC3)cc2)cc1. The Morgan fingerprint density at radius 1 is 0.892 bits per heavy atom. The predicted molar refractivity (Wildman–Crippen MR) is 148 cm³/mol. The third kappa shape index (κ3) is 5.62. The summed E-state index contributed by atoms with van der Waals surface area (Å²) in [6.07, 6.45) is 10.7. The van der Waals surface area contributed by atoms with Gasteiger partial charge >= 0.3 is 5.97 Å². The minimum atomic E-state index is -0.786. The smallest absolute Gasteiger partial charge is 0.308 e. The second kappa shape index (κ2) is 11.4. The van der Waals surface area contributed by atoms with Crippen molar-refractivity contribution < 1.29 is 14.7 Å². The Kier molecular flexibility index (Phi) is 7.99. The van der Waals surface area contributed by atoms with Crippen LogP contribution in [-0.2, 0) is 21.4 Å². The van der Waals surface area contributed by atoms with Gasteiger partial charge in [-0.25, -0.2) is 0 Å². The number of hydrogen-bond donors (Lipinski definition) is 2. The topological polar surface area (TPSA) is 69.6 Å². The molecule has 5 nitrogen and oxygen atoms in total. The number of carboxylic acid groups (broad SMARTS) is 1. The van der Waals surface area contributed by atoms with E-state index in [9.17, 15) is 14.7 Å². The fourth-order valence-electron chi connectivity index (χ4n) is 6.97. The third-order valence-corrected chi connectivity index (χ3v) is 9.39. The summed E-state index contributed by atoms with van der Waals surface area (Å²) in [6.45, 7) is 4.70. The van der Waals surface area contributed by atoms with Crippen LogP contribution in [0.5, 0.6) is 0 Å². The lowest BCUT2D eigenvalue weighted by Crippen LogP contribution is -2.51. The van der Waals surface area contributed by atoms with E-state index in [-0.39, 0.29) is 11.9 Å². The van der Waals surface area contributed by atoms with Gasteiger partial charge in [0.25, 0.3) is 0 Å². The molecular formula is C32H42N2O3. The van der Waals surface area contributed by atoms with E-state index in [0.29, 0.717) is 12.5 Å². The highest BCUT2D eigenvalue weighted by Gasteiger charge is 2.44. The molecule has 0 radical (unpaired) electrons. The molecule has 37 heavy (non-hydrogen) atoms. The molecule has 0 unspecified atom stereocenters. The maximum atomic E-state index is 13.7. The van der Waals surface area contributed by atoms with Crippen molar-refractivity contribution in [3.05, 3.63) is 59.7 Å². The number of rotatable bonds is 8. The van der Waals surface area contributed by atoms with Crippen LogP contribution >= 0.6 is 0 Å². The highest BCUT2D eigenvalue weighted by molar-refractivity contribution is 5.89. The lowest BCUT2D eigenvalue weighted by atomic mass is 9.76. The van der Waals surface area contributed by atoms with Crippen molar-refractivity contribution in [3.8, 4) is 11.1 Å². The quantitative estimate of drug-likeness (QED) is 0.468. The number of amides is 1. The molecule has 2 N–H and O–H groups in total. The van der Waals surface area contributed by atoms with Crippen LogP contribution < -0.4 is 5.32 Å². The first-order valence-corrected chi connectivity index (χ1v) is 14.4. The number of nitrogens with one attached hydrogen (secondary N) is 1. The summed E-state index contributed by atoms with van der Waals surface area (Å²) in [4.78, 5) is 28.0. The van der Waals surface area contributed by atoms with Gasteiger partial charge in [0.1, 0.15) is 0 Å². The van der Waals surface area contributed by atoms with Crippen LogP contribution in [0.4, 0.5) is 0 Å². The third-order valence-electron chi connectivity index (χ3n) is 9.39. The summed E-state index contributed by atoms with van der Waals surface area (Å²) >= 11 is 0. The summed E-state index contributed by atoms with van der Waals surface area (Å²) in [5, 5.41) is 12.9. The van der Waals surface area contributed by atoms with Crippen LogP contribution in [0.15, 0.2) is 48.5 Å². The van der Waals surface area contributed by atoms with Crippen LogP contribution in [0.3, 0.4) is 0 Å². The Bertz CT molecular complexity index is 1070. The molecule has 3 fully saturated rings. The van der Waals surface area contributed by atoms with Gasteiger partial charge in [0, 0.05) is 18.6 Å².